The summed E-state index contributed by atoms with van der Waals surface area (Å²) in [7, 11) is 4.96. The van der Waals surface area contributed by atoms with Crippen LogP contribution in [0.2, 0.25) is 0 Å². The SMILES string of the molecule is CCCCC(C)(Pc1ccc(C)cc1N(C)C)c1cc(C(C)(C)C)cc(C)c1OCc1ccccc1. The van der Waals surface area contributed by atoms with Crippen LogP contribution in [-0.2, 0) is 17.2 Å². The molecule has 194 valence electrons. The number of unbranched alkanes of at least 4 members (excludes halogenated alkanes) is 1. The lowest BCUT2D eigenvalue weighted by atomic mass is 9.82. The molecule has 3 heteroatoms. The summed E-state index contributed by atoms with van der Waals surface area (Å²) in [4.78, 5) is 2.26. The number of anilines is 1. The summed E-state index contributed by atoms with van der Waals surface area (Å²) >= 11 is 0. The molecule has 2 atom stereocenters. The van der Waals surface area contributed by atoms with Gasteiger partial charge in [-0.05, 0) is 59.3 Å². The van der Waals surface area contributed by atoms with Crippen LogP contribution in [0.25, 0.3) is 0 Å². The zero-order chi connectivity index (χ0) is 26.5. The van der Waals surface area contributed by atoms with Gasteiger partial charge in [0.15, 0.2) is 0 Å². The molecule has 0 aromatic heterocycles. The third kappa shape index (κ3) is 6.92. The Kier molecular flexibility index (Phi) is 9.28. The van der Waals surface area contributed by atoms with Crippen molar-refractivity contribution in [1.82, 2.24) is 0 Å². The molecule has 3 aromatic rings. The molecular formula is C33H46NOP. The van der Waals surface area contributed by atoms with Crippen LogP contribution < -0.4 is 14.9 Å². The predicted molar refractivity (Wildman–Crippen MR) is 161 cm³/mol. The van der Waals surface area contributed by atoms with Gasteiger partial charge in [0, 0.05) is 30.5 Å². The summed E-state index contributed by atoms with van der Waals surface area (Å²) in [6, 6.07) is 22.3. The van der Waals surface area contributed by atoms with Gasteiger partial charge in [-0.2, -0.15) is 0 Å². The minimum atomic E-state index is -0.0198. The summed E-state index contributed by atoms with van der Waals surface area (Å²) in [5.41, 5.74) is 7.88. The van der Waals surface area contributed by atoms with Crippen LogP contribution in [0.5, 0.6) is 5.75 Å². The molecule has 0 N–H and O–H groups in total. The number of nitrogens with zero attached hydrogens (tertiary/aromatic N) is 1. The maximum absolute atomic E-state index is 6.68. The van der Waals surface area contributed by atoms with Crippen LogP contribution in [0.4, 0.5) is 5.69 Å². The fraction of sp³-hybridized carbons (Fsp3) is 0.455. The molecule has 0 aliphatic rings. The van der Waals surface area contributed by atoms with Crippen molar-refractivity contribution in [3.05, 3.63) is 88.5 Å². The summed E-state index contributed by atoms with van der Waals surface area (Å²) in [6.45, 7) is 16.7. The maximum Gasteiger partial charge on any atom is 0.126 e. The summed E-state index contributed by atoms with van der Waals surface area (Å²) < 4.78 is 6.68. The van der Waals surface area contributed by atoms with E-state index in [4.69, 9.17) is 4.74 Å². The smallest absolute Gasteiger partial charge is 0.126 e. The van der Waals surface area contributed by atoms with E-state index in [0.717, 1.165) is 12.2 Å². The van der Waals surface area contributed by atoms with Crippen molar-refractivity contribution < 1.29 is 4.74 Å². The average molecular weight is 504 g/mol. The van der Waals surface area contributed by atoms with Crippen LogP contribution in [0, 0.1) is 13.8 Å². The highest BCUT2D eigenvalue weighted by Crippen LogP contribution is 2.51. The summed E-state index contributed by atoms with van der Waals surface area (Å²) in [5.74, 6) is 1.07. The Hall–Kier alpha value is -2.31. The van der Waals surface area contributed by atoms with Crippen molar-refractivity contribution in [2.24, 2.45) is 0 Å². The topological polar surface area (TPSA) is 12.5 Å². The van der Waals surface area contributed by atoms with Gasteiger partial charge in [-0.15, -0.1) is 0 Å². The maximum atomic E-state index is 6.68. The van der Waals surface area contributed by atoms with Gasteiger partial charge >= 0.3 is 0 Å². The van der Waals surface area contributed by atoms with E-state index in [9.17, 15) is 0 Å². The van der Waals surface area contributed by atoms with Crippen LogP contribution in [0.15, 0.2) is 60.7 Å². The van der Waals surface area contributed by atoms with Gasteiger partial charge in [-0.25, -0.2) is 0 Å². The van der Waals surface area contributed by atoms with Crippen molar-refractivity contribution in [2.75, 3.05) is 19.0 Å². The Labute approximate surface area is 222 Å². The van der Waals surface area contributed by atoms with E-state index in [1.807, 2.05) is 0 Å². The molecule has 0 aliphatic carbocycles. The lowest BCUT2D eigenvalue weighted by Crippen LogP contribution is -2.25. The second-order valence-corrected chi connectivity index (χ2v) is 13.6. The largest absolute Gasteiger partial charge is 0.488 e. The van der Waals surface area contributed by atoms with E-state index in [1.165, 1.54) is 51.7 Å². The number of hydrogen-bond acceptors (Lipinski definition) is 2. The first kappa shape index (κ1) is 28.3. The number of hydrogen-bond donors (Lipinski definition) is 0. The fourth-order valence-corrected chi connectivity index (χ4v) is 6.55. The fourth-order valence-electron chi connectivity index (χ4n) is 4.75. The van der Waals surface area contributed by atoms with Crippen molar-refractivity contribution in [3.63, 3.8) is 0 Å². The molecule has 0 spiro atoms. The minimum Gasteiger partial charge on any atom is -0.488 e. The van der Waals surface area contributed by atoms with E-state index in [2.05, 4.69) is 128 Å². The third-order valence-electron chi connectivity index (χ3n) is 7.04. The molecule has 0 fully saturated rings. The van der Waals surface area contributed by atoms with Gasteiger partial charge in [0.05, 0.1) is 0 Å². The zero-order valence-electron chi connectivity index (χ0n) is 24.0. The first-order chi connectivity index (χ1) is 16.9. The van der Waals surface area contributed by atoms with Crippen molar-refractivity contribution >= 4 is 19.6 Å². The Morgan fingerprint density at radius 2 is 1.58 bits per heavy atom. The van der Waals surface area contributed by atoms with E-state index in [1.54, 1.807) is 0 Å². The Morgan fingerprint density at radius 3 is 2.19 bits per heavy atom. The molecule has 3 aromatic carbocycles. The normalized spacial score (nSPS) is 13.7. The van der Waals surface area contributed by atoms with Crippen LogP contribution >= 0.6 is 8.58 Å². The van der Waals surface area contributed by atoms with Crippen LogP contribution in [0.1, 0.15) is 81.7 Å². The molecular weight excluding hydrogens is 457 g/mol. The van der Waals surface area contributed by atoms with Gasteiger partial charge in [0.2, 0.25) is 0 Å². The molecule has 0 heterocycles. The molecule has 2 nitrogen and oxygen atoms in total. The average Bonchev–Trinajstić information content (AvgIpc) is 2.82. The minimum absolute atomic E-state index is 0.0198. The van der Waals surface area contributed by atoms with Gasteiger partial charge < -0.3 is 9.64 Å². The summed E-state index contributed by atoms with van der Waals surface area (Å²) in [6.07, 6.45) is 3.52. The molecule has 36 heavy (non-hydrogen) atoms. The van der Waals surface area contributed by atoms with E-state index >= 15 is 0 Å². The third-order valence-corrected chi connectivity index (χ3v) is 8.80. The highest BCUT2D eigenvalue weighted by atomic mass is 31.1. The Bertz CT molecular complexity index is 1150. The highest BCUT2D eigenvalue weighted by Gasteiger charge is 2.33. The predicted octanol–water partition coefficient (Wildman–Crippen LogP) is 8.66. The molecule has 3 rings (SSSR count). The molecule has 0 amide bonds. The number of rotatable bonds is 10. The van der Waals surface area contributed by atoms with Crippen LogP contribution in [-0.4, -0.2) is 14.1 Å². The van der Waals surface area contributed by atoms with Crippen molar-refractivity contribution in [1.29, 1.82) is 0 Å². The van der Waals surface area contributed by atoms with E-state index in [0.29, 0.717) is 15.2 Å². The quantitative estimate of drug-likeness (QED) is 0.257. The lowest BCUT2D eigenvalue weighted by Gasteiger charge is -2.36. The molecule has 0 saturated heterocycles. The molecule has 0 radical (unpaired) electrons. The molecule has 2 unspecified atom stereocenters. The first-order valence-electron chi connectivity index (χ1n) is 13.3. The highest BCUT2D eigenvalue weighted by molar-refractivity contribution is 7.49. The monoisotopic (exact) mass is 503 g/mol. The zero-order valence-corrected chi connectivity index (χ0v) is 25.0. The van der Waals surface area contributed by atoms with E-state index < -0.39 is 0 Å². The first-order valence-corrected chi connectivity index (χ1v) is 14.3. The van der Waals surface area contributed by atoms with Gasteiger partial charge in [0.1, 0.15) is 12.4 Å². The second-order valence-electron chi connectivity index (χ2n) is 11.7. The van der Waals surface area contributed by atoms with Gasteiger partial charge in [-0.3, -0.25) is 0 Å². The molecule has 0 aliphatic heterocycles. The van der Waals surface area contributed by atoms with Crippen LogP contribution in [0.3, 0.4) is 0 Å². The lowest BCUT2D eigenvalue weighted by molar-refractivity contribution is 0.296. The van der Waals surface area contributed by atoms with Crippen molar-refractivity contribution in [3.8, 4) is 5.75 Å². The number of ether oxygens (including phenoxy) is 1. The second kappa shape index (κ2) is 11.8. The van der Waals surface area contributed by atoms with Gasteiger partial charge in [-0.1, -0.05) is 111 Å². The summed E-state index contributed by atoms with van der Waals surface area (Å²) in [5, 5.41) is 1.41. The van der Waals surface area contributed by atoms with E-state index in [-0.39, 0.29) is 10.6 Å². The Morgan fingerprint density at radius 1 is 0.889 bits per heavy atom. The molecule has 0 bridgehead atoms. The number of benzene rings is 3. The standard InChI is InChI=1S/C33H46NOP/c1-10-11-19-33(7,36-30-18-17-24(2)20-29(30)34(8)9)28-22-27(32(4,5)6)21-25(3)31(28)35-23-26-15-13-12-14-16-26/h12-18,20-22,36H,10-11,19,23H2,1-9H3. The molecule has 0 saturated carbocycles. The van der Waals surface area contributed by atoms with Gasteiger partial charge in [0.25, 0.3) is 0 Å². The number of aryl methyl sites for hydroxylation is 2. The van der Waals surface area contributed by atoms with Crippen molar-refractivity contribution in [2.45, 2.75) is 84.9 Å². The Balaban J connectivity index is 2.16.